The summed E-state index contributed by atoms with van der Waals surface area (Å²) in [5, 5.41) is 3.33. The fraction of sp³-hybridized carbons (Fsp3) is 0.143. The van der Waals surface area contributed by atoms with Crippen LogP contribution in [-0.2, 0) is 0 Å². The largest absolute Gasteiger partial charge is 0.379 e. The highest BCUT2D eigenvalue weighted by molar-refractivity contribution is 9.10. The maximum absolute atomic E-state index is 12.8. The van der Waals surface area contributed by atoms with E-state index < -0.39 is 0 Å². The molecule has 17 heavy (non-hydrogen) atoms. The summed E-state index contributed by atoms with van der Waals surface area (Å²) in [4.78, 5) is 0. The van der Waals surface area contributed by atoms with Crippen LogP contribution in [0.5, 0.6) is 0 Å². The summed E-state index contributed by atoms with van der Waals surface area (Å²) in [5.74, 6) is -0.217. The summed E-state index contributed by atoms with van der Waals surface area (Å²) in [6, 6.07) is 14.7. The molecule has 0 aliphatic carbocycles. The Hall–Kier alpha value is -1.35. The van der Waals surface area contributed by atoms with Gasteiger partial charge in [-0.1, -0.05) is 28.1 Å². The third-order valence-corrected chi connectivity index (χ3v) is 3.07. The highest BCUT2D eigenvalue weighted by atomic mass is 79.9. The summed E-state index contributed by atoms with van der Waals surface area (Å²) < 4.78 is 13.8. The van der Waals surface area contributed by atoms with Crippen molar-refractivity contribution in [2.24, 2.45) is 0 Å². The van der Waals surface area contributed by atoms with E-state index >= 15 is 0 Å². The molecule has 0 fully saturated rings. The Morgan fingerprint density at radius 3 is 2.47 bits per heavy atom. The van der Waals surface area contributed by atoms with E-state index in [9.17, 15) is 4.39 Å². The van der Waals surface area contributed by atoms with Crippen molar-refractivity contribution in [1.29, 1.82) is 0 Å². The first-order chi connectivity index (χ1) is 8.15. The van der Waals surface area contributed by atoms with E-state index in [-0.39, 0.29) is 11.9 Å². The first kappa shape index (κ1) is 12.1. The molecule has 2 rings (SSSR count). The number of nitrogens with one attached hydrogen (secondary N) is 1. The van der Waals surface area contributed by atoms with Gasteiger partial charge in [0.05, 0.1) is 0 Å². The average molecular weight is 294 g/mol. The highest BCUT2D eigenvalue weighted by Crippen LogP contribution is 2.22. The van der Waals surface area contributed by atoms with E-state index in [1.807, 2.05) is 12.1 Å². The molecule has 0 aliphatic rings. The third kappa shape index (κ3) is 3.30. The molecule has 0 aliphatic heterocycles. The molecule has 0 bridgehead atoms. The van der Waals surface area contributed by atoms with E-state index in [0.717, 1.165) is 10.2 Å². The molecule has 1 atom stereocenters. The summed E-state index contributed by atoms with van der Waals surface area (Å²) in [6.45, 7) is 2.07. The second kappa shape index (κ2) is 5.32. The summed E-state index contributed by atoms with van der Waals surface area (Å²) >= 11 is 3.45. The third-order valence-electron chi connectivity index (χ3n) is 2.58. The van der Waals surface area contributed by atoms with Gasteiger partial charge in [0, 0.05) is 16.2 Å². The molecule has 2 aromatic carbocycles. The Balaban J connectivity index is 2.11. The Labute approximate surface area is 109 Å². The lowest BCUT2D eigenvalue weighted by molar-refractivity contribution is 0.628. The maximum atomic E-state index is 12.8. The minimum absolute atomic E-state index is 0.179. The Morgan fingerprint density at radius 2 is 1.82 bits per heavy atom. The molecule has 0 heterocycles. The fourth-order valence-electron chi connectivity index (χ4n) is 1.66. The molecular weight excluding hydrogens is 281 g/mol. The van der Waals surface area contributed by atoms with Crippen molar-refractivity contribution in [1.82, 2.24) is 0 Å². The minimum atomic E-state index is -0.217. The molecule has 3 heteroatoms. The average Bonchev–Trinajstić information content (AvgIpc) is 2.32. The standard InChI is InChI=1S/C14H13BrFN/c1-10(11-3-2-4-12(15)9-11)17-14-7-5-13(16)6-8-14/h2-10,17H,1H3. The first-order valence-electron chi connectivity index (χ1n) is 5.43. The van der Waals surface area contributed by atoms with Crippen LogP contribution in [0.15, 0.2) is 53.0 Å². The van der Waals surface area contributed by atoms with Gasteiger partial charge in [0.2, 0.25) is 0 Å². The number of hydrogen-bond donors (Lipinski definition) is 1. The van der Waals surface area contributed by atoms with Crippen LogP contribution in [0.4, 0.5) is 10.1 Å². The molecule has 88 valence electrons. The van der Waals surface area contributed by atoms with Crippen molar-refractivity contribution in [2.45, 2.75) is 13.0 Å². The molecule has 2 aromatic rings. The number of hydrogen-bond acceptors (Lipinski definition) is 1. The number of halogens is 2. The van der Waals surface area contributed by atoms with Crippen molar-refractivity contribution < 1.29 is 4.39 Å². The highest BCUT2D eigenvalue weighted by Gasteiger charge is 2.05. The van der Waals surface area contributed by atoms with Crippen LogP contribution in [0.3, 0.4) is 0 Å². The Kier molecular flexibility index (Phi) is 3.79. The van der Waals surface area contributed by atoms with Gasteiger partial charge < -0.3 is 5.32 Å². The quantitative estimate of drug-likeness (QED) is 0.860. The van der Waals surface area contributed by atoms with E-state index in [4.69, 9.17) is 0 Å². The minimum Gasteiger partial charge on any atom is -0.379 e. The molecule has 0 aromatic heterocycles. The zero-order valence-electron chi connectivity index (χ0n) is 9.45. The van der Waals surface area contributed by atoms with Gasteiger partial charge in [-0.2, -0.15) is 0 Å². The van der Waals surface area contributed by atoms with E-state index in [1.165, 1.54) is 17.7 Å². The lowest BCUT2D eigenvalue weighted by Crippen LogP contribution is -2.06. The van der Waals surface area contributed by atoms with Crippen LogP contribution in [0.1, 0.15) is 18.5 Å². The lowest BCUT2D eigenvalue weighted by atomic mass is 10.1. The van der Waals surface area contributed by atoms with Crippen molar-refractivity contribution in [2.75, 3.05) is 5.32 Å². The van der Waals surface area contributed by atoms with Crippen LogP contribution in [0.2, 0.25) is 0 Å². The number of benzene rings is 2. The molecule has 0 spiro atoms. The zero-order chi connectivity index (χ0) is 12.3. The van der Waals surface area contributed by atoms with Crippen molar-refractivity contribution >= 4 is 21.6 Å². The lowest BCUT2D eigenvalue weighted by Gasteiger charge is -2.15. The van der Waals surface area contributed by atoms with E-state index in [2.05, 4.69) is 40.3 Å². The van der Waals surface area contributed by atoms with Crippen molar-refractivity contribution in [3.63, 3.8) is 0 Å². The summed E-state index contributed by atoms with van der Waals surface area (Å²) in [7, 11) is 0. The molecule has 1 N–H and O–H groups in total. The maximum Gasteiger partial charge on any atom is 0.123 e. The second-order valence-electron chi connectivity index (χ2n) is 3.93. The SMILES string of the molecule is CC(Nc1ccc(F)cc1)c1cccc(Br)c1. The van der Waals surface area contributed by atoms with Gasteiger partial charge in [-0.25, -0.2) is 4.39 Å². The number of anilines is 1. The van der Waals surface area contributed by atoms with Gasteiger partial charge in [-0.3, -0.25) is 0 Å². The molecule has 1 nitrogen and oxygen atoms in total. The van der Waals surface area contributed by atoms with Crippen LogP contribution >= 0.6 is 15.9 Å². The van der Waals surface area contributed by atoms with Gasteiger partial charge in [-0.05, 0) is 48.9 Å². The molecule has 0 saturated carbocycles. The number of rotatable bonds is 3. The Bertz CT molecular complexity index is 496. The van der Waals surface area contributed by atoms with Crippen molar-refractivity contribution in [3.8, 4) is 0 Å². The normalized spacial score (nSPS) is 12.2. The Morgan fingerprint density at radius 1 is 1.12 bits per heavy atom. The second-order valence-corrected chi connectivity index (χ2v) is 4.84. The van der Waals surface area contributed by atoms with Crippen LogP contribution in [0, 0.1) is 5.82 Å². The van der Waals surface area contributed by atoms with E-state index in [0.29, 0.717) is 0 Å². The summed E-state index contributed by atoms with van der Waals surface area (Å²) in [6.07, 6.45) is 0. The molecule has 0 amide bonds. The van der Waals surface area contributed by atoms with Crippen LogP contribution in [-0.4, -0.2) is 0 Å². The summed E-state index contributed by atoms with van der Waals surface area (Å²) in [5.41, 5.74) is 2.10. The van der Waals surface area contributed by atoms with Gasteiger partial charge >= 0.3 is 0 Å². The fourth-order valence-corrected chi connectivity index (χ4v) is 2.07. The van der Waals surface area contributed by atoms with Crippen LogP contribution < -0.4 is 5.32 Å². The smallest absolute Gasteiger partial charge is 0.123 e. The van der Waals surface area contributed by atoms with Gasteiger partial charge in [0.1, 0.15) is 5.82 Å². The topological polar surface area (TPSA) is 12.0 Å². The zero-order valence-corrected chi connectivity index (χ0v) is 11.0. The molecule has 1 unspecified atom stereocenters. The van der Waals surface area contributed by atoms with Gasteiger partial charge in [0.25, 0.3) is 0 Å². The van der Waals surface area contributed by atoms with Crippen molar-refractivity contribution in [3.05, 3.63) is 64.4 Å². The predicted octanol–water partition coefficient (Wildman–Crippen LogP) is 4.76. The monoisotopic (exact) mass is 293 g/mol. The van der Waals surface area contributed by atoms with Crippen LogP contribution in [0.25, 0.3) is 0 Å². The molecule has 0 saturated heterocycles. The predicted molar refractivity (Wildman–Crippen MR) is 72.6 cm³/mol. The van der Waals surface area contributed by atoms with Gasteiger partial charge in [0.15, 0.2) is 0 Å². The van der Waals surface area contributed by atoms with E-state index in [1.54, 1.807) is 12.1 Å². The molecular formula is C14H13BrFN. The first-order valence-corrected chi connectivity index (χ1v) is 6.22. The molecule has 0 radical (unpaired) electrons. The van der Waals surface area contributed by atoms with Gasteiger partial charge in [-0.15, -0.1) is 0 Å².